The van der Waals surface area contributed by atoms with E-state index in [-0.39, 0.29) is 19.0 Å². The molecule has 1 rings (SSSR count). The zero-order valence-corrected chi connectivity index (χ0v) is 8.01. The van der Waals surface area contributed by atoms with Gasteiger partial charge in [-0.05, 0) is 6.92 Å². The molecule has 14 heavy (non-hydrogen) atoms. The van der Waals surface area contributed by atoms with E-state index in [1.165, 1.54) is 13.1 Å². The summed E-state index contributed by atoms with van der Waals surface area (Å²) < 4.78 is 6.59. The molecule has 0 aliphatic carbocycles. The molecule has 0 spiro atoms. The van der Waals surface area contributed by atoms with Gasteiger partial charge in [0.15, 0.2) is 5.78 Å². The highest BCUT2D eigenvalue weighted by Crippen LogP contribution is 1.95. The van der Waals surface area contributed by atoms with E-state index in [1.54, 1.807) is 4.68 Å². The molecule has 6 heteroatoms. The van der Waals surface area contributed by atoms with Crippen molar-refractivity contribution < 1.29 is 14.6 Å². The Morgan fingerprint density at radius 3 is 3.14 bits per heavy atom. The van der Waals surface area contributed by atoms with Crippen LogP contribution in [-0.4, -0.2) is 39.1 Å². The van der Waals surface area contributed by atoms with E-state index in [0.717, 1.165) is 0 Å². The summed E-state index contributed by atoms with van der Waals surface area (Å²) in [5.41, 5.74) is 0.636. The van der Waals surface area contributed by atoms with Gasteiger partial charge in [0.25, 0.3) is 0 Å². The van der Waals surface area contributed by atoms with Crippen LogP contribution in [0.3, 0.4) is 0 Å². The number of ether oxygens (including phenoxy) is 1. The number of aliphatic hydroxyl groups excluding tert-OH is 1. The second-order valence-corrected chi connectivity index (χ2v) is 2.86. The summed E-state index contributed by atoms with van der Waals surface area (Å²) in [6.45, 7) is 2.36. The third-order valence-corrected chi connectivity index (χ3v) is 1.61. The minimum Gasteiger partial charge on any atom is -0.390 e. The van der Waals surface area contributed by atoms with Crippen molar-refractivity contribution in [2.75, 3.05) is 13.2 Å². The summed E-state index contributed by atoms with van der Waals surface area (Å²) in [7, 11) is 0. The van der Waals surface area contributed by atoms with Crippen LogP contribution in [0.5, 0.6) is 0 Å². The Kier molecular flexibility index (Phi) is 4.21. The maximum Gasteiger partial charge on any atom is 0.155 e. The van der Waals surface area contributed by atoms with Gasteiger partial charge in [-0.3, -0.25) is 4.79 Å². The quantitative estimate of drug-likeness (QED) is 0.617. The van der Waals surface area contributed by atoms with Crippen LogP contribution in [0.4, 0.5) is 0 Å². The molecule has 0 radical (unpaired) electrons. The molecule has 1 aromatic heterocycles. The molecule has 0 aliphatic heterocycles. The van der Waals surface area contributed by atoms with Crippen molar-refractivity contribution >= 4 is 5.78 Å². The average Bonchev–Trinajstić information content (AvgIpc) is 2.59. The fourth-order valence-corrected chi connectivity index (χ4v) is 0.957. The molecule has 1 heterocycles. The Labute approximate surface area is 81.5 Å². The molecule has 0 aliphatic rings. The number of nitrogens with zero attached hydrogens (tertiary/aromatic N) is 3. The summed E-state index contributed by atoms with van der Waals surface area (Å²) in [5.74, 6) is -0.00836. The molecule has 1 N–H and O–H groups in total. The van der Waals surface area contributed by atoms with Crippen molar-refractivity contribution in [1.82, 2.24) is 15.0 Å². The summed E-state index contributed by atoms with van der Waals surface area (Å²) in [4.78, 5) is 10.5. The van der Waals surface area contributed by atoms with Gasteiger partial charge in [0.1, 0.15) is 6.61 Å². The van der Waals surface area contributed by atoms with Crippen molar-refractivity contribution in [3.8, 4) is 0 Å². The highest BCUT2D eigenvalue weighted by Gasteiger charge is 2.01. The fraction of sp³-hybridized carbons (Fsp3) is 0.625. The van der Waals surface area contributed by atoms with E-state index in [1.807, 2.05) is 0 Å². The Hall–Kier alpha value is -1.27. The lowest BCUT2D eigenvalue weighted by molar-refractivity contribution is -0.121. The fourth-order valence-electron chi connectivity index (χ4n) is 0.957. The van der Waals surface area contributed by atoms with Crippen LogP contribution in [0.15, 0.2) is 6.20 Å². The highest BCUT2D eigenvalue weighted by atomic mass is 16.5. The van der Waals surface area contributed by atoms with Gasteiger partial charge >= 0.3 is 0 Å². The second kappa shape index (κ2) is 5.46. The van der Waals surface area contributed by atoms with Crippen LogP contribution in [-0.2, 0) is 22.7 Å². The van der Waals surface area contributed by atoms with Gasteiger partial charge in [0.2, 0.25) is 0 Å². The summed E-state index contributed by atoms with van der Waals surface area (Å²) in [5, 5.41) is 16.2. The van der Waals surface area contributed by atoms with Crippen LogP contribution >= 0.6 is 0 Å². The molecule has 0 aromatic carbocycles. The molecular formula is C8H13N3O3. The largest absolute Gasteiger partial charge is 0.390 e. The van der Waals surface area contributed by atoms with E-state index >= 15 is 0 Å². The smallest absolute Gasteiger partial charge is 0.155 e. The van der Waals surface area contributed by atoms with Crippen LogP contribution in [0, 0.1) is 0 Å². The number of aromatic nitrogens is 3. The first kappa shape index (κ1) is 10.8. The van der Waals surface area contributed by atoms with E-state index < -0.39 is 0 Å². The number of Topliss-reactive ketones (excluding diaryl/α,β-unsaturated/α-hetero) is 1. The van der Waals surface area contributed by atoms with E-state index in [0.29, 0.717) is 18.8 Å². The second-order valence-electron chi connectivity index (χ2n) is 2.86. The number of carbonyl (C=O) groups excluding carboxylic acids is 1. The highest BCUT2D eigenvalue weighted by molar-refractivity contribution is 5.76. The number of rotatable bonds is 6. The van der Waals surface area contributed by atoms with Crippen molar-refractivity contribution in [3.63, 3.8) is 0 Å². The number of ketones is 1. The van der Waals surface area contributed by atoms with Gasteiger partial charge in [-0.2, -0.15) is 0 Å². The van der Waals surface area contributed by atoms with E-state index in [4.69, 9.17) is 9.84 Å². The van der Waals surface area contributed by atoms with Crippen LogP contribution in [0.1, 0.15) is 12.6 Å². The van der Waals surface area contributed by atoms with Gasteiger partial charge in [-0.15, -0.1) is 5.10 Å². The lowest BCUT2D eigenvalue weighted by atomic mass is 10.5. The van der Waals surface area contributed by atoms with Crippen molar-refractivity contribution in [3.05, 3.63) is 11.9 Å². The summed E-state index contributed by atoms with van der Waals surface area (Å²) in [6.07, 6.45) is 1.49. The zero-order valence-electron chi connectivity index (χ0n) is 8.01. The molecule has 0 amide bonds. The molecular weight excluding hydrogens is 186 g/mol. The summed E-state index contributed by atoms with van der Waals surface area (Å²) >= 11 is 0. The summed E-state index contributed by atoms with van der Waals surface area (Å²) in [6, 6.07) is 0. The molecule has 0 unspecified atom stereocenters. The van der Waals surface area contributed by atoms with Crippen LogP contribution in [0.25, 0.3) is 0 Å². The number of carbonyl (C=O) groups is 1. The first-order chi connectivity index (χ1) is 6.74. The molecule has 0 saturated heterocycles. The lowest BCUT2D eigenvalue weighted by Crippen LogP contribution is -2.13. The van der Waals surface area contributed by atoms with Gasteiger partial charge in [-0.25, -0.2) is 4.68 Å². The van der Waals surface area contributed by atoms with Crippen LogP contribution in [0.2, 0.25) is 0 Å². The molecule has 6 nitrogen and oxygen atoms in total. The topological polar surface area (TPSA) is 77.2 Å². The first-order valence-electron chi connectivity index (χ1n) is 4.29. The van der Waals surface area contributed by atoms with E-state index in [9.17, 15) is 4.79 Å². The maximum absolute atomic E-state index is 10.5. The van der Waals surface area contributed by atoms with Gasteiger partial charge in [-0.1, -0.05) is 5.21 Å². The van der Waals surface area contributed by atoms with Crippen LogP contribution < -0.4 is 0 Å². The maximum atomic E-state index is 10.5. The Morgan fingerprint density at radius 1 is 1.71 bits per heavy atom. The molecule has 0 fully saturated rings. The molecule has 0 saturated carbocycles. The minimum atomic E-state index is -0.0975. The predicted octanol–water partition coefficient (Wildman–Crippen LogP) is -0.624. The zero-order chi connectivity index (χ0) is 10.4. The van der Waals surface area contributed by atoms with Crippen molar-refractivity contribution in [2.24, 2.45) is 0 Å². The third-order valence-electron chi connectivity index (χ3n) is 1.61. The van der Waals surface area contributed by atoms with Crippen molar-refractivity contribution in [2.45, 2.75) is 20.1 Å². The number of hydrogen-bond donors (Lipinski definition) is 1. The Morgan fingerprint density at radius 2 is 2.50 bits per heavy atom. The van der Waals surface area contributed by atoms with Crippen molar-refractivity contribution in [1.29, 1.82) is 0 Å². The number of aliphatic hydroxyl groups is 1. The average molecular weight is 199 g/mol. The standard InChI is InChI=1S/C8H13N3O3/c1-7(13)6-14-3-2-11-8(5-12)4-9-10-11/h4,12H,2-3,5-6H2,1H3. The Bertz CT molecular complexity index is 298. The first-order valence-corrected chi connectivity index (χ1v) is 4.29. The third kappa shape index (κ3) is 3.23. The number of hydrogen-bond acceptors (Lipinski definition) is 5. The normalized spacial score (nSPS) is 10.4. The Balaban J connectivity index is 2.27. The molecule has 0 bridgehead atoms. The molecule has 0 atom stereocenters. The SMILES string of the molecule is CC(=O)COCCn1nncc1CO. The monoisotopic (exact) mass is 199 g/mol. The molecule has 1 aromatic rings. The van der Waals surface area contributed by atoms with E-state index in [2.05, 4.69) is 10.3 Å². The van der Waals surface area contributed by atoms with Gasteiger partial charge in [0.05, 0.1) is 31.6 Å². The van der Waals surface area contributed by atoms with Gasteiger partial charge < -0.3 is 9.84 Å². The molecule has 78 valence electrons. The minimum absolute atomic E-state index is 0.00836. The predicted molar refractivity (Wildman–Crippen MR) is 47.4 cm³/mol. The lowest BCUT2D eigenvalue weighted by Gasteiger charge is -2.03. The van der Waals surface area contributed by atoms with Gasteiger partial charge in [0, 0.05) is 0 Å².